The number of nitrogens with zero attached hydrogens (tertiary/aromatic N) is 2. The molecule has 2 fully saturated rings. The van der Waals surface area contributed by atoms with Crippen molar-refractivity contribution in [2.75, 3.05) is 59.6 Å². The van der Waals surface area contributed by atoms with E-state index in [1.54, 1.807) is 7.11 Å². The van der Waals surface area contributed by atoms with E-state index in [2.05, 4.69) is 9.80 Å². The van der Waals surface area contributed by atoms with Crippen LogP contribution in [0.25, 0.3) is 0 Å². The van der Waals surface area contributed by atoms with E-state index in [4.69, 9.17) is 14.2 Å². The summed E-state index contributed by atoms with van der Waals surface area (Å²) in [6.07, 6.45) is 2.36. The van der Waals surface area contributed by atoms with E-state index < -0.39 is 6.10 Å². The average Bonchev–Trinajstić information content (AvgIpc) is 3.17. The van der Waals surface area contributed by atoms with Crippen molar-refractivity contribution >= 4 is 0 Å². The fourth-order valence-electron chi connectivity index (χ4n) is 3.71. The first-order valence-electron chi connectivity index (χ1n) is 9.68. The van der Waals surface area contributed by atoms with Gasteiger partial charge in [-0.25, -0.2) is 0 Å². The summed E-state index contributed by atoms with van der Waals surface area (Å²) in [4.78, 5) is 4.81. The Labute approximate surface area is 156 Å². The van der Waals surface area contributed by atoms with Crippen molar-refractivity contribution in [1.29, 1.82) is 0 Å². The van der Waals surface area contributed by atoms with Crippen molar-refractivity contribution in [3.63, 3.8) is 0 Å². The third-order valence-corrected chi connectivity index (χ3v) is 5.18. The predicted molar refractivity (Wildman–Crippen MR) is 101 cm³/mol. The number of rotatable bonds is 9. The van der Waals surface area contributed by atoms with Crippen LogP contribution in [0.5, 0.6) is 5.75 Å². The molecule has 1 N–H and O–H groups in total. The lowest BCUT2D eigenvalue weighted by molar-refractivity contribution is -0.00377. The van der Waals surface area contributed by atoms with Crippen LogP contribution in [0.3, 0.4) is 0 Å². The smallest absolute Gasteiger partial charge is 0.124 e. The quantitative estimate of drug-likeness (QED) is 0.714. The van der Waals surface area contributed by atoms with Crippen molar-refractivity contribution in [2.45, 2.75) is 31.7 Å². The normalized spacial score (nSPS) is 23.2. The second kappa shape index (κ2) is 10.2. The number of hydrogen-bond acceptors (Lipinski definition) is 6. The Morgan fingerprint density at radius 2 is 1.96 bits per heavy atom. The maximum atomic E-state index is 10.3. The molecule has 2 saturated heterocycles. The molecule has 1 aromatic carbocycles. The zero-order valence-corrected chi connectivity index (χ0v) is 15.8. The molecule has 146 valence electrons. The molecular formula is C20H32N2O4. The second-order valence-corrected chi connectivity index (χ2v) is 7.22. The Bertz CT molecular complexity index is 528. The first-order chi connectivity index (χ1) is 12.7. The van der Waals surface area contributed by atoms with Gasteiger partial charge in [-0.15, -0.1) is 0 Å². The van der Waals surface area contributed by atoms with E-state index in [0.717, 1.165) is 50.6 Å². The largest absolute Gasteiger partial charge is 0.496 e. The maximum Gasteiger partial charge on any atom is 0.124 e. The first kappa shape index (κ1) is 19.6. The second-order valence-electron chi connectivity index (χ2n) is 7.22. The van der Waals surface area contributed by atoms with Gasteiger partial charge in [-0.05, 0) is 18.9 Å². The number of aliphatic hydroxyl groups excluding tert-OH is 1. The average molecular weight is 364 g/mol. The Balaban J connectivity index is 1.31. The van der Waals surface area contributed by atoms with Crippen molar-refractivity contribution in [3.05, 3.63) is 29.8 Å². The Morgan fingerprint density at radius 3 is 2.69 bits per heavy atom. The Kier molecular flexibility index (Phi) is 7.70. The van der Waals surface area contributed by atoms with E-state index in [0.29, 0.717) is 25.9 Å². The number of para-hydroxylation sites is 1. The number of ether oxygens (including phenoxy) is 3. The summed E-state index contributed by atoms with van der Waals surface area (Å²) in [6, 6.07) is 7.81. The SMILES string of the molecule is COc1ccccc1COCC(O)CN1CCN(CC2CCCO2)CC1. The lowest BCUT2D eigenvalue weighted by Gasteiger charge is -2.36. The van der Waals surface area contributed by atoms with Gasteiger partial charge in [-0.1, -0.05) is 18.2 Å². The van der Waals surface area contributed by atoms with Crippen LogP contribution in [0.1, 0.15) is 18.4 Å². The standard InChI is InChI=1S/C20H32N2O4/c1-24-20-7-3-2-5-17(20)15-25-16-18(23)13-21-8-10-22(11-9-21)14-19-6-4-12-26-19/h2-3,5,7,18-19,23H,4,6,8-16H2,1H3. The molecule has 2 atom stereocenters. The highest BCUT2D eigenvalue weighted by molar-refractivity contribution is 5.32. The summed E-state index contributed by atoms with van der Waals surface area (Å²) < 4.78 is 16.7. The van der Waals surface area contributed by atoms with E-state index in [9.17, 15) is 5.11 Å². The molecule has 0 aliphatic carbocycles. The lowest BCUT2D eigenvalue weighted by Crippen LogP contribution is -2.50. The fraction of sp³-hybridized carbons (Fsp3) is 0.700. The summed E-state index contributed by atoms with van der Waals surface area (Å²) in [5.74, 6) is 0.823. The van der Waals surface area contributed by atoms with Gasteiger partial charge in [0.15, 0.2) is 0 Å². The topological polar surface area (TPSA) is 54.4 Å². The summed E-state index contributed by atoms with van der Waals surface area (Å²) >= 11 is 0. The van der Waals surface area contributed by atoms with Gasteiger partial charge in [-0.2, -0.15) is 0 Å². The summed E-state index contributed by atoms with van der Waals surface area (Å²) in [5, 5.41) is 10.3. The number of piperazine rings is 1. The molecule has 0 saturated carbocycles. The molecule has 2 aliphatic rings. The third-order valence-electron chi connectivity index (χ3n) is 5.18. The molecule has 6 heteroatoms. The van der Waals surface area contributed by atoms with Crippen molar-refractivity contribution in [2.24, 2.45) is 0 Å². The van der Waals surface area contributed by atoms with E-state index >= 15 is 0 Å². The number of benzene rings is 1. The van der Waals surface area contributed by atoms with Gasteiger partial charge in [0.05, 0.1) is 32.5 Å². The van der Waals surface area contributed by atoms with Gasteiger partial charge in [0, 0.05) is 51.4 Å². The minimum atomic E-state index is -0.463. The molecule has 2 aliphatic heterocycles. The Morgan fingerprint density at radius 1 is 1.19 bits per heavy atom. The van der Waals surface area contributed by atoms with Crippen LogP contribution >= 0.6 is 0 Å². The van der Waals surface area contributed by atoms with Gasteiger partial charge < -0.3 is 19.3 Å². The van der Waals surface area contributed by atoms with Gasteiger partial charge in [0.1, 0.15) is 5.75 Å². The summed E-state index contributed by atoms with van der Waals surface area (Å²) in [7, 11) is 1.66. The predicted octanol–water partition coefficient (Wildman–Crippen LogP) is 1.37. The molecule has 0 aromatic heterocycles. The molecule has 2 heterocycles. The molecule has 6 nitrogen and oxygen atoms in total. The monoisotopic (exact) mass is 364 g/mol. The third kappa shape index (κ3) is 5.93. The van der Waals surface area contributed by atoms with Crippen molar-refractivity contribution in [3.8, 4) is 5.75 Å². The highest BCUT2D eigenvalue weighted by atomic mass is 16.5. The Hall–Kier alpha value is -1.18. The molecule has 2 unspecified atom stereocenters. The molecule has 26 heavy (non-hydrogen) atoms. The minimum absolute atomic E-state index is 0.341. The van der Waals surface area contributed by atoms with Crippen LogP contribution < -0.4 is 4.74 Å². The summed E-state index contributed by atoms with van der Waals surface area (Å²) in [6.45, 7) is 7.53. The molecular weight excluding hydrogens is 332 g/mol. The molecule has 0 bridgehead atoms. The molecule has 0 spiro atoms. The van der Waals surface area contributed by atoms with E-state index in [1.165, 1.54) is 12.8 Å². The van der Waals surface area contributed by atoms with Crippen LogP contribution in [-0.4, -0.2) is 86.7 Å². The highest BCUT2D eigenvalue weighted by Gasteiger charge is 2.23. The molecule has 3 rings (SSSR count). The van der Waals surface area contributed by atoms with Crippen molar-refractivity contribution in [1.82, 2.24) is 9.80 Å². The van der Waals surface area contributed by atoms with Crippen molar-refractivity contribution < 1.29 is 19.3 Å². The van der Waals surface area contributed by atoms with Crippen LogP contribution in [-0.2, 0) is 16.1 Å². The number of hydrogen-bond donors (Lipinski definition) is 1. The summed E-state index contributed by atoms with van der Waals surface area (Å²) in [5.41, 5.74) is 1.00. The van der Waals surface area contributed by atoms with Crippen LogP contribution in [0, 0.1) is 0 Å². The number of β-amino-alcohol motifs (C(OH)–C–C–N with tert-alkyl or cyclic N) is 1. The lowest BCUT2D eigenvalue weighted by atomic mass is 10.2. The molecule has 1 aromatic rings. The molecule has 0 amide bonds. The van der Waals surface area contributed by atoms with Crippen LogP contribution in [0.2, 0.25) is 0 Å². The minimum Gasteiger partial charge on any atom is -0.496 e. The number of aliphatic hydroxyl groups is 1. The first-order valence-corrected chi connectivity index (χ1v) is 9.68. The number of methoxy groups -OCH3 is 1. The zero-order valence-electron chi connectivity index (χ0n) is 15.8. The fourth-order valence-corrected chi connectivity index (χ4v) is 3.71. The van der Waals surface area contributed by atoms with E-state index in [-0.39, 0.29) is 0 Å². The van der Waals surface area contributed by atoms with Gasteiger partial charge in [0.25, 0.3) is 0 Å². The van der Waals surface area contributed by atoms with Gasteiger partial charge >= 0.3 is 0 Å². The van der Waals surface area contributed by atoms with Gasteiger partial charge in [-0.3, -0.25) is 9.80 Å². The molecule has 0 radical (unpaired) electrons. The van der Waals surface area contributed by atoms with Crippen LogP contribution in [0.15, 0.2) is 24.3 Å². The maximum absolute atomic E-state index is 10.3. The van der Waals surface area contributed by atoms with Crippen LogP contribution in [0.4, 0.5) is 0 Å². The zero-order chi connectivity index (χ0) is 18.2. The highest BCUT2D eigenvalue weighted by Crippen LogP contribution is 2.18. The van der Waals surface area contributed by atoms with E-state index in [1.807, 2.05) is 24.3 Å². The van der Waals surface area contributed by atoms with Gasteiger partial charge in [0.2, 0.25) is 0 Å².